The van der Waals surface area contributed by atoms with Crippen LogP contribution in [-0.2, 0) is 0 Å². The highest BCUT2D eigenvalue weighted by molar-refractivity contribution is 4.98. The lowest BCUT2D eigenvalue weighted by molar-refractivity contribution is 0.0770. The lowest BCUT2D eigenvalue weighted by atomic mass is 9.76. The van der Waals surface area contributed by atoms with Gasteiger partial charge in [-0.2, -0.15) is 0 Å². The third kappa shape index (κ3) is 2.57. The molecule has 0 radical (unpaired) electrons. The van der Waals surface area contributed by atoms with Gasteiger partial charge in [-0.15, -0.1) is 0 Å². The largest absolute Gasteiger partial charge is 0.393 e. The molecule has 0 aromatic heterocycles. The van der Waals surface area contributed by atoms with Crippen molar-refractivity contribution in [2.75, 3.05) is 19.6 Å². The first-order valence-electron chi connectivity index (χ1n) is 8.35. The number of fused-ring (bicyclic) bond motifs is 1. The van der Waals surface area contributed by atoms with E-state index in [2.05, 4.69) is 11.8 Å². The Morgan fingerprint density at radius 2 is 2.00 bits per heavy atom. The molecule has 0 aromatic rings. The van der Waals surface area contributed by atoms with E-state index in [1.54, 1.807) is 0 Å². The second kappa shape index (κ2) is 5.71. The number of likely N-dealkylation sites (tertiary alicyclic amines) is 1. The predicted octanol–water partition coefficient (Wildman–Crippen LogP) is 1.84. The Labute approximate surface area is 117 Å². The van der Waals surface area contributed by atoms with Gasteiger partial charge < -0.3 is 10.8 Å². The second-order valence-corrected chi connectivity index (χ2v) is 7.17. The molecule has 0 bridgehead atoms. The van der Waals surface area contributed by atoms with Gasteiger partial charge in [0.2, 0.25) is 0 Å². The molecule has 0 aromatic carbocycles. The maximum atomic E-state index is 10.1. The van der Waals surface area contributed by atoms with E-state index in [1.807, 2.05) is 0 Å². The normalized spacial score (nSPS) is 47.5. The molecule has 0 amide bonds. The van der Waals surface area contributed by atoms with Gasteiger partial charge in [0, 0.05) is 25.0 Å². The van der Waals surface area contributed by atoms with Crippen LogP contribution in [0.1, 0.15) is 45.4 Å². The smallest absolute Gasteiger partial charge is 0.0583 e. The zero-order valence-electron chi connectivity index (χ0n) is 12.3. The summed E-state index contributed by atoms with van der Waals surface area (Å²) in [5.41, 5.74) is 6.02. The molecule has 3 N–H and O–H groups in total. The van der Waals surface area contributed by atoms with Gasteiger partial charge in [-0.05, 0) is 50.0 Å². The molecule has 1 aliphatic heterocycles. The number of nitrogens with two attached hydrogens (primary N) is 1. The summed E-state index contributed by atoms with van der Waals surface area (Å²) < 4.78 is 0. The molecule has 110 valence electrons. The highest BCUT2D eigenvalue weighted by Crippen LogP contribution is 2.42. The Hall–Kier alpha value is -0.120. The molecule has 19 heavy (non-hydrogen) atoms. The average molecular weight is 266 g/mol. The van der Waals surface area contributed by atoms with Crippen molar-refractivity contribution in [1.82, 2.24) is 4.90 Å². The summed E-state index contributed by atoms with van der Waals surface area (Å²) in [6.07, 6.45) is 7.58. The zero-order chi connectivity index (χ0) is 13.4. The van der Waals surface area contributed by atoms with E-state index >= 15 is 0 Å². The van der Waals surface area contributed by atoms with Gasteiger partial charge in [-0.25, -0.2) is 0 Å². The first-order valence-corrected chi connectivity index (χ1v) is 8.35. The molecule has 1 heterocycles. The van der Waals surface area contributed by atoms with E-state index < -0.39 is 0 Å². The Bertz CT molecular complexity index is 309. The van der Waals surface area contributed by atoms with Gasteiger partial charge in [-0.3, -0.25) is 4.90 Å². The molecule has 6 unspecified atom stereocenters. The third-order valence-corrected chi connectivity index (χ3v) is 6.26. The first kappa shape index (κ1) is 13.8. The monoisotopic (exact) mass is 266 g/mol. The summed E-state index contributed by atoms with van der Waals surface area (Å²) in [4.78, 5) is 2.69. The number of aliphatic hydroxyl groups excluding tert-OH is 1. The minimum absolute atomic E-state index is 0.0307. The molecule has 1 saturated heterocycles. The van der Waals surface area contributed by atoms with Gasteiger partial charge in [-0.1, -0.05) is 19.8 Å². The minimum Gasteiger partial charge on any atom is -0.393 e. The summed E-state index contributed by atoms with van der Waals surface area (Å²) in [5, 5.41) is 10.1. The van der Waals surface area contributed by atoms with E-state index in [4.69, 9.17) is 5.73 Å². The molecule has 3 fully saturated rings. The molecule has 6 atom stereocenters. The topological polar surface area (TPSA) is 49.5 Å². The Balaban J connectivity index is 1.66. The number of hydrogen-bond donors (Lipinski definition) is 2. The van der Waals surface area contributed by atoms with Gasteiger partial charge in [0.15, 0.2) is 0 Å². The summed E-state index contributed by atoms with van der Waals surface area (Å²) in [5.74, 6) is 2.91. The Morgan fingerprint density at radius 1 is 1.16 bits per heavy atom. The fourth-order valence-electron chi connectivity index (χ4n) is 4.93. The summed E-state index contributed by atoms with van der Waals surface area (Å²) >= 11 is 0. The highest BCUT2D eigenvalue weighted by Gasteiger charge is 2.45. The van der Waals surface area contributed by atoms with Crippen molar-refractivity contribution in [3.05, 3.63) is 0 Å². The third-order valence-electron chi connectivity index (χ3n) is 6.26. The quantitative estimate of drug-likeness (QED) is 0.819. The Kier molecular flexibility index (Phi) is 4.16. The molecule has 0 spiro atoms. The SMILES string of the molecule is CCC1CCC(CN)C(N2CC3CCC(O)C3C2)C1. The van der Waals surface area contributed by atoms with Crippen LogP contribution in [0.5, 0.6) is 0 Å². The standard InChI is InChI=1S/C16H30N2O/c1-2-11-3-4-12(8-17)15(7-11)18-9-13-5-6-16(19)14(13)10-18/h11-16,19H,2-10,17H2,1H3. The predicted molar refractivity (Wildman–Crippen MR) is 77.8 cm³/mol. The van der Waals surface area contributed by atoms with Crippen molar-refractivity contribution in [3.63, 3.8) is 0 Å². The number of rotatable bonds is 3. The number of hydrogen-bond acceptors (Lipinski definition) is 3. The molecule has 3 aliphatic rings. The molecule has 3 nitrogen and oxygen atoms in total. The van der Waals surface area contributed by atoms with Crippen molar-refractivity contribution in [3.8, 4) is 0 Å². The van der Waals surface area contributed by atoms with Crippen LogP contribution in [0.25, 0.3) is 0 Å². The summed E-state index contributed by atoms with van der Waals surface area (Å²) in [6.45, 7) is 5.52. The van der Waals surface area contributed by atoms with Crippen LogP contribution in [0.4, 0.5) is 0 Å². The minimum atomic E-state index is -0.0307. The van der Waals surface area contributed by atoms with Crippen molar-refractivity contribution in [2.45, 2.75) is 57.6 Å². The van der Waals surface area contributed by atoms with Crippen molar-refractivity contribution >= 4 is 0 Å². The first-order chi connectivity index (χ1) is 9.22. The maximum absolute atomic E-state index is 10.1. The lowest BCUT2D eigenvalue weighted by Crippen LogP contribution is -2.46. The fraction of sp³-hybridized carbons (Fsp3) is 1.00. The second-order valence-electron chi connectivity index (χ2n) is 7.17. The van der Waals surface area contributed by atoms with Gasteiger partial charge in [0.25, 0.3) is 0 Å². The molecule has 3 heteroatoms. The number of nitrogens with zero attached hydrogens (tertiary/aromatic N) is 1. The van der Waals surface area contributed by atoms with Crippen LogP contribution in [-0.4, -0.2) is 41.8 Å². The van der Waals surface area contributed by atoms with Gasteiger partial charge in [0.05, 0.1) is 6.10 Å². The van der Waals surface area contributed by atoms with Crippen LogP contribution in [0.15, 0.2) is 0 Å². The summed E-state index contributed by atoms with van der Waals surface area (Å²) in [6, 6.07) is 0.696. The Morgan fingerprint density at radius 3 is 2.68 bits per heavy atom. The maximum Gasteiger partial charge on any atom is 0.0583 e. The van der Waals surface area contributed by atoms with Crippen LogP contribution >= 0.6 is 0 Å². The molecule has 2 aliphatic carbocycles. The van der Waals surface area contributed by atoms with E-state index in [0.717, 1.165) is 31.3 Å². The van der Waals surface area contributed by atoms with E-state index in [1.165, 1.54) is 38.6 Å². The van der Waals surface area contributed by atoms with Gasteiger partial charge in [0.1, 0.15) is 0 Å². The van der Waals surface area contributed by atoms with Crippen LogP contribution < -0.4 is 5.73 Å². The van der Waals surface area contributed by atoms with Gasteiger partial charge >= 0.3 is 0 Å². The van der Waals surface area contributed by atoms with Crippen LogP contribution in [0.3, 0.4) is 0 Å². The highest BCUT2D eigenvalue weighted by atomic mass is 16.3. The van der Waals surface area contributed by atoms with E-state index in [0.29, 0.717) is 17.9 Å². The van der Waals surface area contributed by atoms with Crippen molar-refractivity contribution < 1.29 is 5.11 Å². The van der Waals surface area contributed by atoms with Crippen LogP contribution in [0, 0.1) is 23.7 Å². The zero-order valence-corrected chi connectivity index (χ0v) is 12.3. The fourth-order valence-corrected chi connectivity index (χ4v) is 4.93. The van der Waals surface area contributed by atoms with Crippen molar-refractivity contribution in [2.24, 2.45) is 29.4 Å². The summed E-state index contributed by atoms with van der Waals surface area (Å²) in [7, 11) is 0. The lowest BCUT2D eigenvalue weighted by Gasteiger charge is -2.41. The average Bonchev–Trinajstić information content (AvgIpc) is 3.00. The van der Waals surface area contributed by atoms with Crippen LogP contribution in [0.2, 0.25) is 0 Å². The molecular formula is C16H30N2O. The van der Waals surface area contributed by atoms with Crippen molar-refractivity contribution in [1.29, 1.82) is 0 Å². The van der Waals surface area contributed by atoms with E-state index in [9.17, 15) is 5.11 Å². The molecule has 2 saturated carbocycles. The van der Waals surface area contributed by atoms with E-state index in [-0.39, 0.29) is 6.10 Å². The molecular weight excluding hydrogens is 236 g/mol. The molecule has 3 rings (SSSR count). The number of aliphatic hydroxyl groups is 1.